The molecule has 0 radical (unpaired) electrons. The van der Waals surface area contributed by atoms with Crippen LogP contribution in [0, 0.1) is 5.41 Å². The molecule has 1 aromatic carbocycles. The van der Waals surface area contributed by atoms with Crippen molar-refractivity contribution in [2.45, 2.75) is 70.3 Å². The van der Waals surface area contributed by atoms with E-state index in [4.69, 9.17) is 0 Å². The number of rotatable bonds is 3. The smallest absolute Gasteiger partial charge is 0.0461 e. The predicted octanol–water partition coefficient (Wildman–Crippen LogP) is 5.04. The number of piperidine rings is 2. The molecule has 1 aromatic rings. The molecule has 0 bridgehead atoms. The molecule has 0 atom stereocenters. The SMILES string of the molecule is CCN1CCC2(CC1)CCC(c1ccccc1)(N1CCCCC1)CC2. The first-order valence-corrected chi connectivity index (χ1v) is 10.8. The van der Waals surface area contributed by atoms with Gasteiger partial charge in [0.1, 0.15) is 0 Å². The molecule has 138 valence electrons. The van der Waals surface area contributed by atoms with Gasteiger partial charge in [0.2, 0.25) is 0 Å². The largest absolute Gasteiger partial charge is 0.304 e. The van der Waals surface area contributed by atoms with Gasteiger partial charge in [0.05, 0.1) is 0 Å². The number of hydrogen-bond donors (Lipinski definition) is 0. The second kappa shape index (κ2) is 7.40. The fourth-order valence-electron chi connectivity index (χ4n) is 5.90. The third kappa shape index (κ3) is 3.40. The van der Waals surface area contributed by atoms with E-state index in [0.717, 1.165) is 0 Å². The summed E-state index contributed by atoms with van der Waals surface area (Å²) in [7, 11) is 0. The van der Waals surface area contributed by atoms with Gasteiger partial charge in [0.15, 0.2) is 0 Å². The molecule has 25 heavy (non-hydrogen) atoms. The van der Waals surface area contributed by atoms with Crippen molar-refractivity contribution in [3.8, 4) is 0 Å². The zero-order chi connectivity index (χ0) is 17.2. The molecule has 2 saturated heterocycles. The van der Waals surface area contributed by atoms with Crippen molar-refractivity contribution < 1.29 is 0 Å². The molecule has 2 heterocycles. The molecular formula is C23H36N2. The van der Waals surface area contributed by atoms with Gasteiger partial charge in [-0.3, -0.25) is 4.90 Å². The molecule has 1 spiro atoms. The van der Waals surface area contributed by atoms with E-state index in [9.17, 15) is 0 Å². The summed E-state index contributed by atoms with van der Waals surface area (Å²) in [5.74, 6) is 0. The Labute approximate surface area is 154 Å². The lowest BCUT2D eigenvalue weighted by molar-refractivity contribution is -0.0295. The molecule has 0 unspecified atom stereocenters. The van der Waals surface area contributed by atoms with E-state index in [2.05, 4.69) is 47.1 Å². The average Bonchev–Trinajstić information content (AvgIpc) is 2.71. The van der Waals surface area contributed by atoms with E-state index in [-0.39, 0.29) is 0 Å². The maximum absolute atomic E-state index is 2.87. The molecule has 2 aliphatic heterocycles. The zero-order valence-electron chi connectivity index (χ0n) is 16.2. The Morgan fingerprint density at radius 2 is 1.40 bits per heavy atom. The normalized spacial score (nSPS) is 27.4. The van der Waals surface area contributed by atoms with Gasteiger partial charge in [0.25, 0.3) is 0 Å². The van der Waals surface area contributed by atoms with Crippen molar-refractivity contribution in [3.63, 3.8) is 0 Å². The Morgan fingerprint density at radius 1 is 0.760 bits per heavy atom. The Morgan fingerprint density at radius 3 is 2.00 bits per heavy atom. The summed E-state index contributed by atoms with van der Waals surface area (Å²) in [4.78, 5) is 5.52. The number of nitrogens with zero attached hydrogens (tertiary/aromatic N) is 2. The fraction of sp³-hybridized carbons (Fsp3) is 0.739. The van der Waals surface area contributed by atoms with Crippen molar-refractivity contribution in [1.29, 1.82) is 0 Å². The monoisotopic (exact) mass is 340 g/mol. The topological polar surface area (TPSA) is 6.48 Å². The first-order chi connectivity index (χ1) is 12.3. The van der Waals surface area contributed by atoms with Crippen LogP contribution in [0.3, 0.4) is 0 Å². The summed E-state index contributed by atoms with van der Waals surface area (Å²) in [6.07, 6.45) is 12.7. The molecule has 1 aliphatic carbocycles. The van der Waals surface area contributed by atoms with Crippen LogP contribution in [0.4, 0.5) is 0 Å². The van der Waals surface area contributed by atoms with Gasteiger partial charge in [-0.2, -0.15) is 0 Å². The standard InChI is InChI=1S/C23H36N2/c1-2-24-19-15-22(16-20-24)11-13-23(14-12-22,21-9-5-3-6-10-21)25-17-7-4-8-18-25/h3,5-6,9-10H,2,4,7-8,11-20H2,1H3. The highest BCUT2D eigenvalue weighted by Crippen LogP contribution is 2.53. The first-order valence-electron chi connectivity index (χ1n) is 10.8. The highest BCUT2D eigenvalue weighted by molar-refractivity contribution is 5.26. The summed E-state index contributed by atoms with van der Waals surface area (Å²) in [5.41, 5.74) is 2.58. The van der Waals surface area contributed by atoms with Gasteiger partial charge < -0.3 is 4.90 Å². The van der Waals surface area contributed by atoms with Crippen molar-refractivity contribution in [2.75, 3.05) is 32.7 Å². The van der Waals surface area contributed by atoms with Crippen LogP contribution in [0.2, 0.25) is 0 Å². The van der Waals surface area contributed by atoms with Gasteiger partial charge in [-0.25, -0.2) is 0 Å². The van der Waals surface area contributed by atoms with Crippen LogP contribution >= 0.6 is 0 Å². The van der Waals surface area contributed by atoms with Crippen molar-refractivity contribution >= 4 is 0 Å². The zero-order valence-corrected chi connectivity index (χ0v) is 16.2. The van der Waals surface area contributed by atoms with Crippen LogP contribution in [-0.4, -0.2) is 42.5 Å². The lowest BCUT2D eigenvalue weighted by Crippen LogP contribution is -2.53. The van der Waals surface area contributed by atoms with Gasteiger partial charge >= 0.3 is 0 Å². The molecule has 2 nitrogen and oxygen atoms in total. The summed E-state index contributed by atoms with van der Waals surface area (Å²) in [6.45, 7) is 8.83. The third-order valence-electron chi connectivity index (χ3n) is 7.77. The quantitative estimate of drug-likeness (QED) is 0.760. The first kappa shape index (κ1) is 17.5. The highest BCUT2D eigenvalue weighted by atomic mass is 15.2. The molecule has 4 rings (SSSR count). The number of likely N-dealkylation sites (tertiary alicyclic amines) is 2. The van der Waals surface area contributed by atoms with Crippen LogP contribution in [0.5, 0.6) is 0 Å². The van der Waals surface area contributed by atoms with Crippen molar-refractivity contribution in [1.82, 2.24) is 9.80 Å². The molecule has 0 amide bonds. The second-order valence-corrected chi connectivity index (χ2v) is 8.88. The van der Waals surface area contributed by atoms with Crippen LogP contribution in [0.25, 0.3) is 0 Å². The summed E-state index contributed by atoms with van der Waals surface area (Å²) >= 11 is 0. The number of benzene rings is 1. The Hall–Kier alpha value is -0.860. The fourth-order valence-corrected chi connectivity index (χ4v) is 5.90. The molecule has 0 aromatic heterocycles. The molecule has 1 saturated carbocycles. The Balaban J connectivity index is 1.53. The van der Waals surface area contributed by atoms with Crippen LogP contribution in [-0.2, 0) is 5.54 Å². The van der Waals surface area contributed by atoms with E-state index in [1.165, 1.54) is 90.5 Å². The summed E-state index contributed by atoms with van der Waals surface area (Å²) in [6, 6.07) is 11.5. The van der Waals surface area contributed by atoms with Crippen LogP contribution < -0.4 is 0 Å². The van der Waals surface area contributed by atoms with E-state index < -0.39 is 0 Å². The minimum atomic E-state index is 0.328. The highest BCUT2D eigenvalue weighted by Gasteiger charge is 2.47. The Bertz CT molecular complexity index is 528. The van der Waals surface area contributed by atoms with E-state index in [1.54, 1.807) is 5.56 Å². The summed E-state index contributed by atoms with van der Waals surface area (Å²) < 4.78 is 0. The van der Waals surface area contributed by atoms with Crippen LogP contribution in [0.15, 0.2) is 30.3 Å². The third-order valence-corrected chi connectivity index (χ3v) is 7.77. The van der Waals surface area contributed by atoms with E-state index in [0.29, 0.717) is 11.0 Å². The van der Waals surface area contributed by atoms with Crippen LogP contribution in [0.1, 0.15) is 70.3 Å². The molecule has 2 heteroatoms. The van der Waals surface area contributed by atoms with Crippen molar-refractivity contribution in [3.05, 3.63) is 35.9 Å². The lowest BCUT2D eigenvalue weighted by Gasteiger charge is -2.54. The lowest BCUT2D eigenvalue weighted by atomic mass is 9.61. The minimum absolute atomic E-state index is 0.328. The second-order valence-electron chi connectivity index (χ2n) is 8.88. The van der Waals surface area contributed by atoms with Gasteiger partial charge in [0, 0.05) is 5.54 Å². The molecule has 0 N–H and O–H groups in total. The average molecular weight is 341 g/mol. The molecule has 3 fully saturated rings. The van der Waals surface area contributed by atoms with Gasteiger partial charge in [-0.05, 0) is 95.1 Å². The van der Waals surface area contributed by atoms with Crippen molar-refractivity contribution in [2.24, 2.45) is 5.41 Å². The Kier molecular flexibility index (Phi) is 5.20. The molecular weight excluding hydrogens is 304 g/mol. The van der Waals surface area contributed by atoms with E-state index in [1.807, 2.05) is 0 Å². The van der Waals surface area contributed by atoms with Gasteiger partial charge in [-0.15, -0.1) is 0 Å². The maximum Gasteiger partial charge on any atom is 0.0461 e. The van der Waals surface area contributed by atoms with E-state index >= 15 is 0 Å². The maximum atomic E-state index is 2.87. The van der Waals surface area contributed by atoms with Gasteiger partial charge in [-0.1, -0.05) is 43.7 Å². The summed E-state index contributed by atoms with van der Waals surface area (Å²) in [5, 5.41) is 0. The number of hydrogen-bond acceptors (Lipinski definition) is 2. The predicted molar refractivity (Wildman–Crippen MR) is 106 cm³/mol. The molecule has 3 aliphatic rings. The minimum Gasteiger partial charge on any atom is -0.304 e.